The number of para-hydroxylation sites is 1. The molecule has 1 heterocycles. The number of benzene rings is 3. The van der Waals surface area contributed by atoms with Crippen molar-refractivity contribution in [2.75, 3.05) is 7.11 Å². The molecule has 0 saturated heterocycles. The molecule has 0 fully saturated rings. The van der Waals surface area contributed by atoms with E-state index < -0.39 is 6.23 Å². The van der Waals surface area contributed by atoms with E-state index in [4.69, 9.17) is 14.5 Å². The third kappa shape index (κ3) is 7.12. The van der Waals surface area contributed by atoms with E-state index in [1.807, 2.05) is 105 Å². The topological polar surface area (TPSA) is 85.9 Å². The molecule has 0 saturated carbocycles. The lowest BCUT2D eigenvalue weighted by molar-refractivity contribution is 0.205. The lowest BCUT2D eigenvalue weighted by Gasteiger charge is -2.16. The van der Waals surface area contributed by atoms with Gasteiger partial charge in [-0.1, -0.05) is 49.4 Å². The summed E-state index contributed by atoms with van der Waals surface area (Å²) in [5.74, 6) is 1.93. The van der Waals surface area contributed by atoms with E-state index >= 15 is 0 Å². The summed E-state index contributed by atoms with van der Waals surface area (Å²) in [6.45, 7) is 6.11. The maximum absolute atomic E-state index is 13.6. The van der Waals surface area contributed by atoms with Crippen LogP contribution >= 0.6 is 0 Å². The van der Waals surface area contributed by atoms with Crippen molar-refractivity contribution >= 4 is 16.6 Å². The number of aliphatic hydroxyl groups excluding tert-OH is 1. The molecule has 206 valence electrons. The fourth-order valence-electron chi connectivity index (χ4n) is 4.41. The average molecular weight is 538 g/mol. The SMILES string of the molecule is CCC=C(/C=C\C(C)=NC(C)O)OCc1cc(-c2nc3ccccc3c(=O)n2Cc2ccccc2)ccc1OC. The molecular weight excluding hydrogens is 502 g/mol. The van der Waals surface area contributed by atoms with Gasteiger partial charge in [0, 0.05) is 16.8 Å². The highest BCUT2D eigenvalue weighted by molar-refractivity contribution is 5.93. The van der Waals surface area contributed by atoms with Crippen LogP contribution in [0.1, 0.15) is 38.3 Å². The first-order chi connectivity index (χ1) is 19.4. The fourth-order valence-corrected chi connectivity index (χ4v) is 4.41. The highest BCUT2D eigenvalue weighted by Gasteiger charge is 2.16. The number of rotatable bonds is 11. The van der Waals surface area contributed by atoms with Gasteiger partial charge in [-0.15, -0.1) is 0 Å². The minimum atomic E-state index is -0.765. The Morgan fingerprint density at radius 1 is 1.07 bits per heavy atom. The first-order valence-electron chi connectivity index (χ1n) is 13.3. The fraction of sp³-hybridized carbons (Fsp3) is 0.242. The molecule has 4 aromatic rings. The van der Waals surface area contributed by atoms with Crippen molar-refractivity contribution in [1.82, 2.24) is 9.55 Å². The summed E-state index contributed by atoms with van der Waals surface area (Å²) < 4.78 is 13.5. The first kappa shape index (κ1) is 28.5. The molecule has 0 aliphatic carbocycles. The van der Waals surface area contributed by atoms with E-state index in [2.05, 4.69) is 4.99 Å². The maximum atomic E-state index is 13.6. The van der Waals surface area contributed by atoms with Crippen LogP contribution in [-0.2, 0) is 17.9 Å². The molecule has 0 bridgehead atoms. The van der Waals surface area contributed by atoms with E-state index in [0.717, 1.165) is 23.1 Å². The van der Waals surface area contributed by atoms with Gasteiger partial charge in [-0.2, -0.15) is 0 Å². The third-order valence-corrected chi connectivity index (χ3v) is 6.26. The molecule has 0 amide bonds. The standard InChI is InChI=1S/C33H35N3O4/c1-5-11-28(18-16-23(2)34-24(3)37)40-22-27-20-26(17-19-31(27)39-4)32-35-30-15-10-9-14-29(30)33(38)36(32)21-25-12-7-6-8-13-25/h6-20,24,37H,5,21-22H2,1-4H3/b18-16-,28-11?,34-23?. The Balaban J connectivity index is 1.72. The molecule has 1 atom stereocenters. The molecule has 1 aromatic heterocycles. The quantitative estimate of drug-likeness (QED) is 0.138. The molecule has 0 aliphatic heterocycles. The molecule has 4 rings (SSSR count). The van der Waals surface area contributed by atoms with Crippen molar-refractivity contribution in [3.8, 4) is 17.1 Å². The Bertz CT molecular complexity index is 1600. The number of hydrogen-bond acceptors (Lipinski definition) is 6. The highest BCUT2D eigenvalue weighted by atomic mass is 16.5. The predicted octanol–water partition coefficient (Wildman–Crippen LogP) is 6.29. The monoisotopic (exact) mass is 537 g/mol. The Hall–Kier alpha value is -4.49. The molecule has 7 nitrogen and oxygen atoms in total. The zero-order valence-electron chi connectivity index (χ0n) is 23.4. The van der Waals surface area contributed by atoms with Gasteiger partial charge in [0.05, 0.1) is 24.6 Å². The summed E-state index contributed by atoms with van der Waals surface area (Å²) in [6.07, 6.45) is 5.65. The maximum Gasteiger partial charge on any atom is 0.261 e. The molecule has 0 radical (unpaired) electrons. The number of allylic oxidation sites excluding steroid dienone is 3. The van der Waals surface area contributed by atoms with Crippen LogP contribution in [0, 0.1) is 0 Å². The summed E-state index contributed by atoms with van der Waals surface area (Å²) in [5.41, 5.74) is 3.86. The Labute approximate surface area is 234 Å². The minimum Gasteiger partial charge on any atom is -0.496 e. The van der Waals surface area contributed by atoms with E-state index in [0.29, 0.717) is 40.5 Å². The minimum absolute atomic E-state index is 0.0920. The zero-order chi connectivity index (χ0) is 28.5. The van der Waals surface area contributed by atoms with Crippen LogP contribution in [0.3, 0.4) is 0 Å². The van der Waals surface area contributed by atoms with E-state index in [-0.39, 0.29) is 12.2 Å². The van der Waals surface area contributed by atoms with Crippen LogP contribution in [0.5, 0.6) is 5.75 Å². The zero-order valence-corrected chi connectivity index (χ0v) is 23.4. The van der Waals surface area contributed by atoms with Gasteiger partial charge in [0.25, 0.3) is 5.56 Å². The van der Waals surface area contributed by atoms with E-state index in [9.17, 15) is 9.90 Å². The number of aromatic nitrogens is 2. The van der Waals surface area contributed by atoms with Crippen LogP contribution in [0.4, 0.5) is 0 Å². The number of ether oxygens (including phenoxy) is 2. The van der Waals surface area contributed by atoms with Gasteiger partial charge in [0.1, 0.15) is 30.2 Å². The van der Waals surface area contributed by atoms with Gasteiger partial charge < -0.3 is 14.6 Å². The van der Waals surface area contributed by atoms with Gasteiger partial charge in [-0.05, 0) is 74.4 Å². The van der Waals surface area contributed by atoms with Crippen molar-refractivity contribution < 1.29 is 14.6 Å². The van der Waals surface area contributed by atoms with Crippen LogP contribution in [-0.4, -0.2) is 33.7 Å². The van der Waals surface area contributed by atoms with Crippen LogP contribution < -0.4 is 10.3 Å². The number of aliphatic imine (C=N–C) groups is 1. The smallest absolute Gasteiger partial charge is 0.261 e. The highest BCUT2D eigenvalue weighted by Crippen LogP contribution is 2.28. The Morgan fingerprint density at radius 3 is 2.55 bits per heavy atom. The van der Waals surface area contributed by atoms with Crippen molar-refractivity contribution in [3.63, 3.8) is 0 Å². The second-order valence-electron chi connectivity index (χ2n) is 9.40. The molecular formula is C33H35N3O4. The first-order valence-corrected chi connectivity index (χ1v) is 13.3. The largest absolute Gasteiger partial charge is 0.496 e. The second-order valence-corrected chi connectivity index (χ2v) is 9.40. The lowest BCUT2D eigenvalue weighted by atomic mass is 10.1. The van der Waals surface area contributed by atoms with E-state index in [1.165, 1.54) is 0 Å². The van der Waals surface area contributed by atoms with E-state index in [1.54, 1.807) is 18.6 Å². The van der Waals surface area contributed by atoms with Crippen molar-refractivity contribution in [2.45, 2.75) is 46.6 Å². The number of fused-ring (bicyclic) bond motifs is 1. The molecule has 1 N–H and O–H groups in total. The number of aliphatic hydroxyl groups is 1. The van der Waals surface area contributed by atoms with Crippen molar-refractivity contribution in [3.05, 3.63) is 118 Å². The molecule has 7 heteroatoms. The summed E-state index contributed by atoms with van der Waals surface area (Å²) >= 11 is 0. The van der Waals surface area contributed by atoms with Crippen LogP contribution in [0.15, 0.2) is 107 Å². The summed E-state index contributed by atoms with van der Waals surface area (Å²) in [7, 11) is 1.62. The summed E-state index contributed by atoms with van der Waals surface area (Å²) in [5, 5.41) is 10.1. The molecule has 1 unspecified atom stereocenters. The Morgan fingerprint density at radius 2 is 1.82 bits per heavy atom. The summed E-state index contributed by atoms with van der Waals surface area (Å²) in [6, 6.07) is 23.1. The number of methoxy groups -OCH3 is 1. The number of nitrogens with zero attached hydrogens (tertiary/aromatic N) is 3. The molecule has 0 spiro atoms. The van der Waals surface area contributed by atoms with Gasteiger partial charge in [-0.3, -0.25) is 14.4 Å². The molecule has 40 heavy (non-hydrogen) atoms. The third-order valence-electron chi connectivity index (χ3n) is 6.26. The van der Waals surface area contributed by atoms with Crippen molar-refractivity contribution in [1.29, 1.82) is 0 Å². The average Bonchev–Trinajstić information content (AvgIpc) is 2.96. The lowest BCUT2D eigenvalue weighted by Crippen LogP contribution is -2.24. The molecule has 3 aromatic carbocycles. The van der Waals surface area contributed by atoms with Crippen LogP contribution in [0.25, 0.3) is 22.3 Å². The normalized spacial score (nSPS) is 13.1. The number of hydrogen-bond donors (Lipinski definition) is 1. The van der Waals surface area contributed by atoms with Gasteiger partial charge in [0.15, 0.2) is 0 Å². The van der Waals surface area contributed by atoms with Gasteiger partial charge in [0.2, 0.25) is 0 Å². The van der Waals surface area contributed by atoms with Gasteiger partial charge >= 0.3 is 0 Å². The summed E-state index contributed by atoms with van der Waals surface area (Å²) in [4.78, 5) is 22.7. The second kappa shape index (κ2) is 13.5. The molecule has 0 aliphatic rings. The van der Waals surface area contributed by atoms with Crippen LogP contribution in [0.2, 0.25) is 0 Å². The van der Waals surface area contributed by atoms with Crippen molar-refractivity contribution in [2.24, 2.45) is 4.99 Å². The Kier molecular flexibility index (Phi) is 9.65. The van der Waals surface area contributed by atoms with Gasteiger partial charge in [-0.25, -0.2) is 4.98 Å². The predicted molar refractivity (Wildman–Crippen MR) is 161 cm³/mol.